The van der Waals surface area contributed by atoms with Crippen molar-refractivity contribution in [1.82, 2.24) is 20.2 Å². The van der Waals surface area contributed by atoms with E-state index in [0.29, 0.717) is 36.1 Å². The van der Waals surface area contributed by atoms with Crippen LogP contribution in [0.4, 0.5) is 5.69 Å². The topological polar surface area (TPSA) is 100 Å². The number of rotatable bonds is 5. The zero-order chi connectivity index (χ0) is 18.6. The van der Waals surface area contributed by atoms with Gasteiger partial charge in [-0.15, -0.1) is 5.10 Å². The molecule has 0 fully saturated rings. The molecule has 1 aromatic heterocycles. The lowest BCUT2D eigenvalue weighted by atomic mass is 10.2. The number of nitrogens with zero attached hydrogens (tertiary/aromatic N) is 4. The van der Waals surface area contributed by atoms with Gasteiger partial charge in [-0.05, 0) is 41.6 Å². The molecule has 3 aromatic rings. The molecule has 27 heavy (non-hydrogen) atoms. The van der Waals surface area contributed by atoms with E-state index in [-0.39, 0.29) is 5.91 Å². The minimum atomic E-state index is -0.706. The Morgan fingerprint density at radius 2 is 2.04 bits per heavy atom. The van der Waals surface area contributed by atoms with Gasteiger partial charge in [0.2, 0.25) is 0 Å². The van der Waals surface area contributed by atoms with Crippen molar-refractivity contribution >= 4 is 11.6 Å². The second-order valence-electron chi connectivity index (χ2n) is 5.86. The van der Waals surface area contributed by atoms with Gasteiger partial charge >= 0.3 is 0 Å². The lowest BCUT2D eigenvalue weighted by Gasteiger charge is -2.20. The number of hydrogen-bond acceptors (Lipinski definition) is 7. The number of benzene rings is 2. The van der Waals surface area contributed by atoms with Crippen molar-refractivity contribution in [3.8, 4) is 22.9 Å². The normalized spacial score (nSPS) is 13.7. The van der Waals surface area contributed by atoms with E-state index in [4.69, 9.17) is 14.2 Å². The Labute approximate surface area is 154 Å². The number of tetrazole rings is 1. The van der Waals surface area contributed by atoms with Crippen molar-refractivity contribution in [2.24, 2.45) is 0 Å². The minimum Gasteiger partial charge on any atom is -0.486 e. The maximum absolute atomic E-state index is 12.5. The molecule has 1 atom stereocenters. The Hall–Kier alpha value is -3.62. The summed E-state index contributed by atoms with van der Waals surface area (Å²) < 4.78 is 18.3. The average molecular weight is 367 g/mol. The first-order valence-electron chi connectivity index (χ1n) is 8.39. The van der Waals surface area contributed by atoms with Crippen LogP contribution in [0.2, 0.25) is 0 Å². The summed E-state index contributed by atoms with van der Waals surface area (Å²) in [6.07, 6.45) is 0.777. The maximum Gasteiger partial charge on any atom is 0.265 e. The van der Waals surface area contributed by atoms with Gasteiger partial charge in [0.05, 0.1) is 5.69 Å². The molecule has 0 saturated heterocycles. The van der Waals surface area contributed by atoms with Crippen LogP contribution in [0.5, 0.6) is 17.2 Å². The van der Waals surface area contributed by atoms with Gasteiger partial charge < -0.3 is 19.5 Å². The van der Waals surface area contributed by atoms with Crippen LogP contribution in [0, 0.1) is 0 Å². The summed E-state index contributed by atoms with van der Waals surface area (Å²) in [6.45, 7) is 2.69. The number of anilines is 1. The van der Waals surface area contributed by atoms with E-state index in [9.17, 15) is 4.79 Å². The smallest absolute Gasteiger partial charge is 0.265 e. The summed E-state index contributed by atoms with van der Waals surface area (Å²) >= 11 is 0. The Kier molecular flexibility index (Phi) is 4.56. The fourth-order valence-electron chi connectivity index (χ4n) is 2.60. The molecule has 0 unspecified atom stereocenters. The van der Waals surface area contributed by atoms with Gasteiger partial charge in [-0.2, -0.15) is 0 Å². The van der Waals surface area contributed by atoms with Gasteiger partial charge in [-0.25, -0.2) is 4.68 Å². The van der Waals surface area contributed by atoms with Crippen molar-refractivity contribution in [3.05, 3.63) is 48.8 Å². The van der Waals surface area contributed by atoms with Gasteiger partial charge in [0.25, 0.3) is 5.91 Å². The zero-order valence-corrected chi connectivity index (χ0v) is 14.5. The first-order valence-corrected chi connectivity index (χ1v) is 8.39. The molecule has 1 aliphatic rings. The van der Waals surface area contributed by atoms with E-state index in [0.717, 1.165) is 5.69 Å². The van der Waals surface area contributed by atoms with Crippen LogP contribution < -0.4 is 19.5 Å². The van der Waals surface area contributed by atoms with Crippen LogP contribution in [-0.2, 0) is 4.79 Å². The fraction of sp³-hybridized carbons (Fsp3) is 0.222. The predicted octanol–water partition coefficient (Wildman–Crippen LogP) is 1.84. The monoisotopic (exact) mass is 367 g/mol. The van der Waals surface area contributed by atoms with Crippen molar-refractivity contribution in [1.29, 1.82) is 0 Å². The van der Waals surface area contributed by atoms with Crippen LogP contribution in [0.15, 0.2) is 48.8 Å². The summed E-state index contributed by atoms with van der Waals surface area (Å²) in [6, 6.07) is 12.4. The molecule has 4 rings (SSSR count). The molecule has 0 bridgehead atoms. The lowest BCUT2D eigenvalue weighted by molar-refractivity contribution is -0.122. The highest BCUT2D eigenvalue weighted by molar-refractivity contribution is 5.94. The number of nitrogens with one attached hydrogen (secondary N) is 1. The number of carbonyl (C=O) groups excluding carboxylic acids is 1. The highest BCUT2D eigenvalue weighted by Crippen LogP contribution is 2.32. The number of fused-ring (bicyclic) bond motifs is 1. The Bertz CT molecular complexity index is 945. The standard InChI is InChI=1S/C18H17N5O4/c1-12(27-15-4-2-3-14(10-15)23-11-19-21-22-23)18(24)20-13-5-6-16-17(9-13)26-8-7-25-16/h2-6,9-12H,7-8H2,1H3,(H,20,24)/t12-/m1/s1. The van der Waals surface area contributed by atoms with E-state index >= 15 is 0 Å². The molecule has 0 spiro atoms. The molecule has 0 aliphatic carbocycles. The summed E-state index contributed by atoms with van der Waals surface area (Å²) in [5.41, 5.74) is 1.35. The predicted molar refractivity (Wildman–Crippen MR) is 95.3 cm³/mol. The maximum atomic E-state index is 12.5. The third kappa shape index (κ3) is 3.81. The molecule has 1 aliphatic heterocycles. The molecule has 9 nitrogen and oxygen atoms in total. The molecular formula is C18H17N5O4. The molecule has 2 heterocycles. The first kappa shape index (κ1) is 16.8. The highest BCUT2D eigenvalue weighted by atomic mass is 16.6. The largest absolute Gasteiger partial charge is 0.486 e. The van der Waals surface area contributed by atoms with Gasteiger partial charge in [0, 0.05) is 17.8 Å². The Balaban J connectivity index is 1.42. The van der Waals surface area contributed by atoms with Crippen LogP contribution in [0.3, 0.4) is 0 Å². The molecular weight excluding hydrogens is 350 g/mol. The molecule has 138 valence electrons. The molecule has 9 heteroatoms. The second kappa shape index (κ2) is 7.32. The molecule has 2 aromatic carbocycles. The zero-order valence-electron chi connectivity index (χ0n) is 14.5. The van der Waals surface area contributed by atoms with E-state index in [1.165, 1.54) is 11.0 Å². The van der Waals surface area contributed by atoms with Crippen molar-refractivity contribution in [3.63, 3.8) is 0 Å². The quantitative estimate of drug-likeness (QED) is 0.734. The Morgan fingerprint density at radius 3 is 2.85 bits per heavy atom. The third-order valence-corrected chi connectivity index (χ3v) is 3.92. The van der Waals surface area contributed by atoms with E-state index in [1.54, 1.807) is 43.3 Å². The van der Waals surface area contributed by atoms with Gasteiger partial charge in [-0.1, -0.05) is 6.07 Å². The molecule has 0 saturated carbocycles. The second-order valence-corrected chi connectivity index (χ2v) is 5.86. The van der Waals surface area contributed by atoms with Crippen molar-refractivity contribution in [2.75, 3.05) is 18.5 Å². The molecule has 1 amide bonds. The highest BCUT2D eigenvalue weighted by Gasteiger charge is 2.17. The number of aromatic nitrogens is 4. The van der Waals surface area contributed by atoms with E-state index in [2.05, 4.69) is 20.8 Å². The summed E-state index contributed by atoms with van der Waals surface area (Å²) in [5, 5.41) is 13.9. The SMILES string of the molecule is C[C@@H](Oc1cccc(-n2cnnn2)c1)C(=O)Nc1ccc2c(c1)OCCO2. The minimum absolute atomic E-state index is 0.278. The lowest BCUT2D eigenvalue weighted by Crippen LogP contribution is -2.30. The van der Waals surface area contributed by atoms with Crippen LogP contribution >= 0.6 is 0 Å². The van der Waals surface area contributed by atoms with Gasteiger partial charge in [0.1, 0.15) is 25.3 Å². The summed E-state index contributed by atoms with van der Waals surface area (Å²) in [5.74, 6) is 1.54. The van der Waals surface area contributed by atoms with Crippen LogP contribution in [0.25, 0.3) is 5.69 Å². The number of carbonyl (C=O) groups is 1. The van der Waals surface area contributed by atoms with Crippen molar-refractivity contribution in [2.45, 2.75) is 13.0 Å². The Morgan fingerprint density at radius 1 is 1.19 bits per heavy atom. The van der Waals surface area contributed by atoms with E-state index < -0.39 is 6.10 Å². The molecule has 0 radical (unpaired) electrons. The average Bonchev–Trinajstić information content (AvgIpc) is 3.23. The van der Waals surface area contributed by atoms with Crippen molar-refractivity contribution < 1.29 is 19.0 Å². The summed E-state index contributed by atoms with van der Waals surface area (Å²) in [4.78, 5) is 12.5. The van der Waals surface area contributed by atoms with Crippen LogP contribution in [0.1, 0.15) is 6.92 Å². The first-order chi connectivity index (χ1) is 13.2. The van der Waals surface area contributed by atoms with Gasteiger partial charge in [-0.3, -0.25) is 4.79 Å². The fourth-order valence-corrected chi connectivity index (χ4v) is 2.60. The van der Waals surface area contributed by atoms with Gasteiger partial charge in [0.15, 0.2) is 17.6 Å². The summed E-state index contributed by atoms with van der Waals surface area (Å²) in [7, 11) is 0. The molecule has 1 N–H and O–H groups in total. The van der Waals surface area contributed by atoms with E-state index in [1.807, 2.05) is 6.07 Å². The number of amides is 1. The number of hydrogen-bond donors (Lipinski definition) is 1. The number of ether oxygens (including phenoxy) is 3. The third-order valence-electron chi connectivity index (χ3n) is 3.92. The van der Waals surface area contributed by atoms with Crippen LogP contribution in [-0.4, -0.2) is 45.4 Å².